The van der Waals surface area contributed by atoms with Gasteiger partial charge in [-0.25, -0.2) is 0 Å². The molecule has 2 rings (SSSR count). The first kappa shape index (κ1) is 17.3. The van der Waals surface area contributed by atoms with Crippen molar-refractivity contribution in [3.8, 4) is 5.75 Å². The van der Waals surface area contributed by atoms with Crippen LogP contribution in [0.5, 0.6) is 5.75 Å². The van der Waals surface area contributed by atoms with Crippen molar-refractivity contribution in [2.24, 2.45) is 0 Å². The van der Waals surface area contributed by atoms with E-state index in [1.54, 1.807) is 0 Å². The molecule has 0 aliphatic heterocycles. The first-order valence-electron chi connectivity index (χ1n) is 6.51. The molecule has 9 heteroatoms. The monoisotopic (exact) mass is 391 g/mol. The third-order valence-corrected chi connectivity index (χ3v) is 4.11. The quantitative estimate of drug-likeness (QED) is 0.862. The maximum absolute atomic E-state index is 12.1. The second-order valence-corrected chi connectivity index (χ2v) is 5.56. The molecule has 0 saturated heterocycles. The number of rotatable bonds is 4. The zero-order valence-electron chi connectivity index (χ0n) is 12.2. The summed E-state index contributed by atoms with van der Waals surface area (Å²) in [5.41, 5.74) is 1.95. The topological polar surface area (TPSA) is 56.2 Å². The average Bonchev–Trinajstić information content (AvgIpc) is 2.67. The lowest BCUT2D eigenvalue weighted by Gasteiger charge is -2.10. The molecule has 2 aromatic rings. The average molecular weight is 392 g/mol. The van der Waals surface area contributed by atoms with Gasteiger partial charge < -0.3 is 10.1 Å². The summed E-state index contributed by atoms with van der Waals surface area (Å²) in [6.45, 7) is 3.63. The van der Waals surface area contributed by atoms with Crippen molar-refractivity contribution < 1.29 is 22.7 Å². The Bertz CT molecular complexity index is 711. The molecule has 0 saturated carbocycles. The first-order chi connectivity index (χ1) is 10.7. The summed E-state index contributed by atoms with van der Waals surface area (Å²) in [7, 11) is 0. The fraction of sp³-hybridized carbons (Fsp3) is 0.286. The molecule has 1 amide bonds. The van der Waals surface area contributed by atoms with Gasteiger partial charge in [0, 0.05) is 5.69 Å². The normalized spacial score (nSPS) is 11.4. The minimum atomic E-state index is -4.74. The molecule has 0 spiro atoms. The van der Waals surface area contributed by atoms with Gasteiger partial charge in [0.2, 0.25) is 5.91 Å². The maximum atomic E-state index is 12.1. The Morgan fingerprint density at radius 1 is 1.30 bits per heavy atom. The minimum Gasteiger partial charge on any atom is -0.406 e. The highest BCUT2D eigenvalue weighted by molar-refractivity contribution is 9.10. The summed E-state index contributed by atoms with van der Waals surface area (Å²) in [5, 5.41) is 6.79. The van der Waals surface area contributed by atoms with Gasteiger partial charge in [0.05, 0.1) is 15.9 Å². The number of anilines is 1. The summed E-state index contributed by atoms with van der Waals surface area (Å²) in [6.07, 6.45) is -4.74. The molecular formula is C14H13BrF3N3O2. The molecule has 124 valence electrons. The van der Waals surface area contributed by atoms with Crippen LogP contribution in [0.15, 0.2) is 28.7 Å². The number of hydrogen-bond donors (Lipinski definition) is 1. The van der Waals surface area contributed by atoms with E-state index in [0.717, 1.165) is 28.0 Å². The third kappa shape index (κ3) is 4.72. The largest absolute Gasteiger partial charge is 0.573 e. The fourth-order valence-electron chi connectivity index (χ4n) is 1.91. The number of amides is 1. The van der Waals surface area contributed by atoms with Gasteiger partial charge in [0.25, 0.3) is 0 Å². The lowest BCUT2D eigenvalue weighted by molar-refractivity contribution is -0.274. The molecule has 1 N–H and O–H groups in total. The number of alkyl halides is 3. The van der Waals surface area contributed by atoms with E-state index in [9.17, 15) is 18.0 Å². The van der Waals surface area contributed by atoms with Crippen LogP contribution in [0, 0.1) is 13.8 Å². The smallest absolute Gasteiger partial charge is 0.406 e. The van der Waals surface area contributed by atoms with Crippen LogP contribution in [0.2, 0.25) is 0 Å². The number of aromatic nitrogens is 2. The Hall–Kier alpha value is -2.03. The van der Waals surface area contributed by atoms with Crippen LogP contribution in [-0.4, -0.2) is 22.1 Å². The predicted molar refractivity (Wildman–Crippen MR) is 81.2 cm³/mol. The summed E-state index contributed by atoms with van der Waals surface area (Å²) < 4.78 is 42.3. The molecule has 0 fully saturated rings. The molecule has 0 atom stereocenters. The molecule has 0 aliphatic rings. The summed E-state index contributed by atoms with van der Waals surface area (Å²) in [4.78, 5) is 12.0. The Kier molecular flexibility index (Phi) is 4.98. The second kappa shape index (κ2) is 6.61. The van der Waals surface area contributed by atoms with Gasteiger partial charge in [-0.15, -0.1) is 13.2 Å². The first-order valence-corrected chi connectivity index (χ1v) is 7.30. The van der Waals surface area contributed by atoms with Crippen molar-refractivity contribution >= 4 is 27.5 Å². The van der Waals surface area contributed by atoms with E-state index in [0.29, 0.717) is 5.69 Å². The van der Waals surface area contributed by atoms with Crippen molar-refractivity contribution in [3.05, 3.63) is 40.1 Å². The van der Waals surface area contributed by atoms with Gasteiger partial charge in [0.1, 0.15) is 12.3 Å². The molecule has 1 aromatic carbocycles. The van der Waals surface area contributed by atoms with E-state index in [4.69, 9.17) is 0 Å². The number of carbonyl (C=O) groups is 1. The Morgan fingerprint density at radius 3 is 2.39 bits per heavy atom. The molecule has 5 nitrogen and oxygen atoms in total. The Balaban J connectivity index is 1.99. The van der Waals surface area contributed by atoms with Crippen molar-refractivity contribution in [1.29, 1.82) is 0 Å². The standard InChI is InChI=1S/C14H13BrF3N3O2/c1-8-13(15)9(2)21(20-8)7-12(22)19-10-3-5-11(6-4-10)23-14(16,17)18/h3-6H,7H2,1-2H3,(H,19,22). The lowest BCUT2D eigenvalue weighted by Crippen LogP contribution is -2.20. The minimum absolute atomic E-state index is 0.000917. The van der Waals surface area contributed by atoms with Gasteiger partial charge in [0.15, 0.2) is 0 Å². The lowest BCUT2D eigenvalue weighted by atomic mass is 10.3. The molecule has 0 bridgehead atoms. The molecule has 1 aromatic heterocycles. The molecule has 0 unspecified atom stereocenters. The van der Waals surface area contributed by atoms with Crippen LogP contribution < -0.4 is 10.1 Å². The maximum Gasteiger partial charge on any atom is 0.573 e. The number of nitrogens with one attached hydrogen (secondary N) is 1. The number of nitrogens with zero attached hydrogens (tertiary/aromatic N) is 2. The van der Waals surface area contributed by atoms with Gasteiger partial charge in [-0.2, -0.15) is 5.10 Å². The SMILES string of the molecule is Cc1nn(CC(=O)Nc2ccc(OC(F)(F)F)cc2)c(C)c1Br. The molecule has 23 heavy (non-hydrogen) atoms. The fourth-order valence-corrected chi connectivity index (χ4v) is 2.19. The van der Waals surface area contributed by atoms with Crippen molar-refractivity contribution in [2.75, 3.05) is 5.32 Å². The Morgan fingerprint density at radius 2 is 1.91 bits per heavy atom. The van der Waals surface area contributed by atoms with Gasteiger partial charge >= 0.3 is 6.36 Å². The summed E-state index contributed by atoms with van der Waals surface area (Å²) in [5.74, 6) is -0.689. The van der Waals surface area contributed by atoms with Crippen LogP contribution >= 0.6 is 15.9 Å². The van der Waals surface area contributed by atoms with Crippen LogP contribution in [0.4, 0.5) is 18.9 Å². The summed E-state index contributed by atoms with van der Waals surface area (Å²) in [6, 6.07) is 4.91. The van der Waals surface area contributed by atoms with Crippen LogP contribution in [0.3, 0.4) is 0 Å². The zero-order chi connectivity index (χ0) is 17.2. The number of carbonyl (C=O) groups excluding carboxylic acids is 1. The number of halogens is 4. The van der Waals surface area contributed by atoms with Crippen molar-refractivity contribution in [2.45, 2.75) is 26.8 Å². The number of ether oxygens (including phenoxy) is 1. The predicted octanol–water partition coefficient (Wildman–Crippen LogP) is 3.80. The Labute approximate surface area is 138 Å². The zero-order valence-corrected chi connectivity index (χ0v) is 13.8. The van der Waals surface area contributed by atoms with E-state index >= 15 is 0 Å². The van der Waals surface area contributed by atoms with Crippen molar-refractivity contribution in [1.82, 2.24) is 9.78 Å². The van der Waals surface area contributed by atoms with Crippen LogP contribution in [0.1, 0.15) is 11.4 Å². The summed E-state index contributed by atoms with van der Waals surface area (Å²) >= 11 is 3.37. The van der Waals surface area contributed by atoms with Gasteiger partial charge in [-0.3, -0.25) is 9.48 Å². The molecule has 1 heterocycles. The number of aryl methyl sites for hydroxylation is 1. The highest BCUT2D eigenvalue weighted by Gasteiger charge is 2.30. The van der Waals surface area contributed by atoms with Crippen LogP contribution in [-0.2, 0) is 11.3 Å². The molecule has 0 radical (unpaired) electrons. The van der Waals surface area contributed by atoms with Crippen molar-refractivity contribution in [3.63, 3.8) is 0 Å². The van der Waals surface area contributed by atoms with Gasteiger partial charge in [-0.05, 0) is 54.0 Å². The third-order valence-electron chi connectivity index (χ3n) is 2.96. The van der Waals surface area contributed by atoms with E-state index in [1.807, 2.05) is 13.8 Å². The number of hydrogen-bond acceptors (Lipinski definition) is 3. The second-order valence-electron chi connectivity index (χ2n) is 4.76. The van der Waals surface area contributed by atoms with E-state index < -0.39 is 6.36 Å². The van der Waals surface area contributed by atoms with E-state index in [2.05, 4.69) is 31.1 Å². The molecule has 0 aliphatic carbocycles. The van der Waals surface area contributed by atoms with Gasteiger partial charge in [-0.1, -0.05) is 0 Å². The van der Waals surface area contributed by atoms with E-state index in [1.165, 1.54) is 16.8 Å². The highest BCUT2D eigenvalue weighted by Crippen LogP contribution is 2.24. The number of benzene rings is 1. The molecular weight excluding hydrogens is 379 g/mol. The van der Waals surface area contributed by atoms with Crippen LogP contribution in [0.25, 0.3) is 0 Å². The van der Waals surface area contributed by atoms with E-state index in [-0.39, 0.29) is 18.2 Å². The highest BCUT2D eigenvalue weighted by atomic mass is 79.9.